The predicted molar refractivity (Wildman–Crippen MR) is 152 cm³/mol. The number of aryl methyl sites for hydroxylation is 2. The molecule has 8 rings (SSSR count). The fraction of sp³-hybridized carbons (Fsp3) is 0.333. The van der Waals surface area contributed by atoms with E-state index in [1.807, 2.05) is 44.4 Å². The maximum absolute atomic E-state index is 13.7. The zero-order chi connectivity index (χ0) is 28.1. The summed E-state index contributed by atoms with van der Waals surface area (Å²) in [4.78, 5) is 23.7. The van der Waals surface area contributed by atoms with Crippen LogP contribution in [-0.4, -0.2) is 70.0 Å². The molecule has 8 heterocycles. The van der Waals surface area contributed by atoms with Gasteiger partial charge in [-0.3, -0.25) is 10.00 Å². The van der Waals surface area contributed by atoms with Crippen LogP contribution < -0.4 is 4.90 Å². The number of H-pyrrole nitrogens is 1. The zero-order valence-corrected chi connectivity index (χ0v) is 23.3. The lowest BCUT2D eigenvalue weighted by molar-refractivity contribution is -0.00875. The van der Waals surface area contributed by atoms with Crippen LogP contribution in [0.15, 0.2) is 55.0 Å². The van der Waals surface area contributed by atoms with Crippen LogP contribution in [0.25, 0.3) is 17.2 Å². The Morgan fingerprint density at radius 1 is 0.902 bits per heavy atom. The highest BCUT2D eigenvalue weighted by Crippen LogP contribution is 2.35. The molecule has 3 aliphatic rings. The van der Waals surface area contributed by atoms with E-state index in [0.717, 1.165) is 59.4 Å². The van der Waals surface area contributed by atoms with Crippen LogP contribution in [-0.2, 0) is 13.0 Å². The maximum atomic E-state index is 13.7. The molecule has 0 aromatic carbocycles. The van der Waals surface area contributed by atoms with E-state index < -0.39 is 0 Å². The van der Waals surface area contributed by atoms with Crippen LogP contribution in [0.5, 0.6) is 0 Å². The molecule has 3 aliphatic heterocycles. The van der Waals surface area contributed by atoms with Crippen molar-refractivity contribution in [2.24, 2.45) is 0 Å². The number of nitrogens with one attached hydrogen (secondary N) is 1. The summed E-state index contributed by atoms with van der Waals surface area (Å²) < 4.78 is 15.2. The summed E-state index contributed by atoms with van der Waals surface area (Å²) in [5, 5.41) is 11.4. The van der Waals surface area contributed by atoms with Gasteiger partial charge in [-0.25, -0.2) is 29.0 Å². The van der Waals surface area contributed by atoms with Gasteiger partial charge in [0.1, 0.15) is 5.82 Å². The fourth-order valence-corrected chi connectivity index (χ4v) is 5.91. The monoisotopic (exact) mass is 550 g/mol. The number of halogens is 1. The molecule has 5 aromatic heterocycles. The highest BCUT2D eigenvalue weighted by molar-refractivity contribution is 5.57. The number of hydrogen-bond acceptors (Lipinski definition) is 8. The standard InChI is InChI=1S/C30H31FN10/c1-18-8-23(10-24-9-19(2)37-38-24)36-30(35-18)22-5-7-28(33-13-22)39-16-25-11-26(17-39)40(25)15-21-4-6-29(32-12-21)41-20(3)27(31)14-34-41/h4-9,12-14,25-26H,10-11,15-17H2,1-3H3,(H,37,38). The summed E-state index contributed by atoms with van der Waals surface area (Å²) in [5.74, 6) is 1.97. The summed E-state index contributed by atoms with van der Waals surface area (Å²) in [7, 11) is 0. The third kappa shape index (κ3) is 4.97. The molecule has 0 radical (unpaired) electrons. The first-order chi connectivity index (χ1) is 19.9. The van der Waals surface area contributed by atoms with Crippen molar-refractivity contribution in [3.8, 4) is 17.2 Å². The number of rotatable bonds is 7. The molecule has 3 fully saturated rings. The first-order valence-corrected chi connectivity index (χ1v) is 13.9. The van der Waals surface area contributed by atoms with Gasteiger partial charge < -0.3 is 4.90 Å². The van der Waals surface area contributed by atoms with E-state index in [-0.39, 0.29) is 5.82 Å². The molecule has 41 heavy (non-hydrogen) atoms. The van der Waals surface area contributed by atoms with E-state index in [4.69, 9.17) is 9.97 Å². The van der Waals surface area contributed by atoms with E-state index in [1.165, 1.54) is 17.3 Å². The van der Waals surface area contributed by atoms with E-state index in [9.17, 15) is 4.39 Å². The lowest BCUT2D eigenvalue weighted by Crippen LogP contribution is -2.68. The second-order valence-corrected chi connectivity index (χ2v) is 11.1. The third-order valence-corrected chi connectivity index (χ3v) is 8.04. The fourth-order valence-electron chi connectivity index (χ4n) is 5.91. The molecule has 2 unspecified atom stereocenters. The number of fused-ring (bicyclic) bond motifs is 2. The summed E-state index contributed by atoms with van der Waals surface area (Å²) >= 11 is 0. The third-order valence-electron chi connectivity index (χ3n) is 8.04. The Balaban J connectivity index is 0.991. The number of pyridine rings is 2. The van der Waals surface area contributed by atoms with Gasteiger partial charge in [0.15, 0.2) is 17.5 Å². The largest absolute Gasteiger partial charge is 0.353 e. The van der Waals surface area contributed by atoms with Gasteiger partial charge in [-0.05, 0) is 63.1 Å². The van der Waals surface area contributed by atoms with Crippen molar-refractivity contribution in [2.75, 3.05) is 18.0 Å². The molecule has 0 spiro atoms. The summed E-state index contributed by atoms with van der Waals surface area (Å²) in [6.45, 7) is 8.41. The predicted octanol–water partition coefficient (Wildman–Crippen LogP) is 3.96. The van der Waals surface area contributed by atoms with Crippen molar-refractivity contribution < 1.29 is 4.39 Å². The van der Waals surface area contributed by atoms with Gasteiger partial charge in [0.05, 0.1) is 23.3 Å². The van der Waals surface area contributed by atoms with Gasteiger partial charge in [0.2, 0.25) is 0 Å². The van der Waals surface area contributed by atoms with Gasteiger partial charge in [-0.1, -0.05) is 6.07 Å². The molecule has 3 saturated heterocycles. The van der Waals surface area contributed by atoms with Crippen LogP contribution in [0.2, 0.25) is 0 Å². The van der Waals surface area contributed by atoms with E-state index in [2.05, 4.69) is 53.3 Å². The van der Waals surface area contributed by atoms with Crippen molar-refractivity contribution in [3.05, 3.63) is 94.8 Å². The molecule has 208 valence electrons. The lowest BCUT2D eigenvalue weighted by Gasteiger charge is -2.56. The molecule has 2 bridgehead atoms. The summed E-state index contributed by atoms with van der Waals surface area (Å²) in [5.41, 5.74) is 6.37. The molecule has 0 saturated carbocycles. The van der Waals surface area contributed by atoms with Crippen molar-refractivity contribution in [1.82, 2.24) is 44.8 Å². The zero-order valence-electron chi connectivity index (χ0n) is 23.3. The van der Waals surface area contributed by atoms with E-state index in [1.54, 1.807) is 6.92 Å². The molecule has 0 aliphatic carbocycles. The average molecular weight is 551 g/mol. The molecule has 5 aromatic rings. The number of aromatic nitrogens is 8. The molecular formula is C30H31FN10. The molecule has 1 N–H and O–H groups in total. The number of nitrogens with zero attached hydrogens (tertiary/aromatic N) is 9. The van der Waals surface area contributed by atoms with Crippen molar-refractivity contribution >= 4 is 5.82 Å². The summed E-state index contributed by atoms with van der Waals surface area (Å²) in [6.07, 6.45) is 6.82. The minimum absolute atomic E-state index is 0.327. The molecular weight excluding hydrogens is 519 g/mol. The molecule has 11 heteroatoms. The Kier molecular flexibility index (Phi) is 6.30. The molecule has 10 nitrogen and oxygen atoms in total. The second kappa shape index (κ2) is 10.2. The Bertz CT molecular complexity index is 1680. The van der Waals surface area contributed by atoms with Gasteiger partial charge >= 0.3 is 0 Å². The van der Waals surface area contributed by atoms with Crippen molar-refractivity contribution in [2.45, 2.75) is 52.2 Å². The SMILES string of the molecule is Cc1cc(Cc2cc(C)[nH]n2)nc(-c2ccc(N3CC4CC(C3)N4Cc3ccc(-n4ncc(F)c4C)nc3)nc2)n1. The number of piperidine rings is 1. The highest BCUT2D eigenvalue weighted by atomic mass is 19.1. The first-order valence-electron chi connectivity index (χ1n) is 13.9. The maximum Gasteiger partial charge on any atom is 0.164 e. The van der Waals surface area contributed by atoms with E-state index >= 15 is 0 Å². The van der Waals surface area contributed by atoms with Gasteiger partial charge in [-0.2, -0.15) is 10.2 Å². The Morgan fingerprint density at radius 2 is 1.71 bits per heavy atom. The summed E-state index contributed by atoms with van der Waals surface area (Å²) in [6, 6.07) is 13.1. The van der Waals surface area contributed by atoms with Crippen LogP contribution in [0.1, 0.15) is 40.5 Å². The Morgan fingerprint density at radius 3 is 2.37 bits per heavy atom. The van der Waals surface area contributed by atoms with Crippen LogP contribution in [0.4, 0.5) is 10.2 Å². The van der Waals surface area contributed by atoms with Crippen LogP contribution in [0, 0.1) is 26.6 Å². The minimum atomic E-state index is -0.327. The minimum Gasteiger partial charge on any atom is -0.353 e. The smallest absolute Gasteiger partial charge is 0.164 e. The van der Waals surface area contributed by atoms with Crippen LogP contribution in [0.3, 0.4) is 0 Å². The van der Waals surface area contributed by atoms with E-state index in [0.29, 0.717) is 35.8 Å². The Hall–Kier alpha value is -4.51. The number of anilines is 1. The number of hydrogen-bond donors (Lipinski definition) is 1. The second-order valence-electron chi connectivity index (χ2n) is 11.1. The number of piperazine rings is 1. The highest BCUT2D eigenvalue weighted by Gasteiger charge is 2.44. The average Bonchev–Trinajstić information content (AvgIpc) is 3.55. The van der Waals surface area contributed by atoms with Gasteiger partial charge in [0.25, 0.3) is 0 Å². The first kappa shape index (κ1) is 25.5. The van der Waals surface area contributed by atoms with Crippen LogP contribution >= 0.6 is 0 Å². The molecule has 2 atom stereocenters. The van der Waals surface area contributed by atoms with Crippen molar-refractivity contribution in [3.63, 3.8) is 0 Å². The van der Waals surface area contributed by atoms with Crippen molar-refractivity contribution in [1.29, 1.82) is 0 Å². The normalized spacial score (nSPS) is 18.5. The topological polar surface area (TPSA) is 105 Å². The lowest BCUT2D eigenvalue weighted by atomic mass is 9.87. The van der Waals surface area contributed by atoms with Gasteiger partial charge in [0, 0.05) is 67.5 Å². The quantitative estimate of drug-likeness (QED) is 0.325. The van der Waals surface area contributed by atoms with Gasteiger partial charge in [-0.15, -0.1) is 0 Å². The number of aromatic amines is 1. The molecule has 0 amide bonds. The Labute approximate surface area is 237 Å².